The fourth-order valence-corrected chi connectivity index (χ4v) is 4.31. The summed E-state index contributed by atoms with van der Waals surface area (Å²) >= 11 is 0. The van der Waals surface area contributed by atoms with Crippen LogP contribution in [0.15, 0.2) is 78.9 Å². The summed E-state index contributed by atoms with van der Waals surface area (Å²) in [6.07, 6.45) is 1.03. The molecule has 0 atom stereocenters. The Morgan fingerprint density at radius 2 is 1.60 bits per heavy atom. The van der Waals surface area contributed by atoms with Crippen molar-refractivity contribution in [3.05, 3.63) is 90.0 Å². The number of nitrogens with one attached hydrogen (secondary N) is 1. The molecule has 1 aliphatic rings. The minimum absolute atomic E-state index is 0.0377. The van der Waals surface area contributed by atoms with Crippen LogP contribution in [0.25, 0.3) is 11.1 Å². The van der Waals surface area contributed by atoms with Gasteiger partial charge in [-0.05, 0) is 43.5 Å². The molecule has 0 unspecified atom stereocenters. The van der Waals surface area contributed by atoms with Crippen molar-refractivity contribution in [1.82, 2.24) is 9.80 Å². The number of para-hydroxylation sites is 1. The molecule has 6 heteroatoms. The first-order valence-electron chi connectivity index (χ1n) is 12.2. The van der Waals surface area contributed by atoms with Crippen LogP contribution >= 0.6 is 0 Å². The first kappa shape index (κ1) is 24.5. The van der Waals surface area contributed by atoms with Crippen LogP contribution in [0, 0.1) is 6.92 Å². The highest BCUT2D eigenvalue weighted by atomic mass is 16.6. The first-order valence-corrected chi connectivity index (χ1v) is 12.2. The smallest absolute Gasteiger partial charge is 0.411 e. The second-order valence-electron chi connectivity index (χ2n) is 9.08. The normalized spacial score (nSPS) is 14.3. The molecule has 1 fully saturated rings. The zero-order valence-corrected chi connectivity index (χ0v) is 20.4. The van der Waals surface area contributed by atoms with Crippen molar-refractivity contribution in [1.29, 1.82) is 0 Å². The molecule has 0 spiro atoms. The number of likely N-dealkylation sites (N-methyl/N-ethyl adjacent to an activating group) is 1. The van der Waals surface area contributed by atoms with Crippen LogP contribution in [0.4, 0.5) is 10.5 Å². The van der Waals surface area contributed by atoms with E-state index in [-0.39, 0.29) is 12.0 Å². The van der Waals surface area contributed by atoms with Gasteiger partial charge < -0.3 is 14.5 Å². The molecule has 1 N–H and O–H groups in total. The monoisotopic (exact) mass is 471 g/mol. The van der Waals surface area contributed by atoms with Crippen molar-refractivity contribution in [2.45, 2.75) is 25.9 Å². The number of anilines is 1. The summed E-state index contributed by atoms with van der Waals surface area (Å²) in [4.78, 5) is 29.3. The third-order valence-electron chi connectivity index (χ3n) is 6.45. The van der Waals surface area contributed by atoms with Gasteiger partial charge in [0, 0.05) is 44.4 Å². The molecule has 3 aromatic carbocycles. The molecule has 0 aliphatic carbocycles. The summed E-state index contributed by atoms with van der Waals surface area (Å²) in [5.74, 6) is 0.0377. The second kappa shape index (κ2) is 11.7. The summed E-state index contributed by atoms with van der Waals surface area (Å²) in [5.41, 5.74) is 4.60. The number of carbonyl (C=O) groups is 2. The number of piperidine rings is 1. The molecule has 0 saturated carbocycles. The average Bonchev–Trinajstić information content (AvgIpc) is 2.89. The number of hydrogen-bond acceptors (Lipinski definition) is 4. The predicted octanol–water partition coefficient (Wildman–Crippen LogP) is 5.45. The molecular formula is C29H33N3O3. The summed E-state index contributed by atoms with van der Waals surface area (Å²) in [6.45, 7) is 5.15. The molecule has 35 heavy (non-hydrogen) atoms. The van der Waals surface area contributed by atoms with E-state index in [1.165, 1.54) is 0 Å². The Balaban J connectivity index is 1.22. The lowest BCUT2D eigenvalue weighted by atomic mass is 10.0. The van der Waals surface area contributed by atoms with Gasteiger partial charge in [0.1, 0.15) is 6.10 Å². The van der Waals surface area contributed by atoms with E-state index in [1.54, 1.807) is 4.90 Å². The van der Waals surface area contributed by atoms with E-state index < -0.39 is 6.09 Å². The van der Waals surface area contributed by atoms with Crippen LogP contribution in [-0.2, 0) is 4.74 Å². The Bertz CT molecular complexity index is 1120. The number of aryl methyl sites for hydroxylation is 1. The highest BCUT2D eigenvalue weighted by molar-refractivity contribution is 5.94. The van der Waals surface area contributed by atoms with Crippen LogP contribution < -0.4 is 5.32 Å². The van der Waals surface area contributed by atoms with Gasteiger partial charge in [0.05, 0.1) is 5.69 Å². The van der Waals surface area contributed by atoms with Crippen LogP contribution in [0.1, 0.15) is 28.8 Å². The molecule has 0 bridgehead atoms. The van der Waals surface area contributed by atoms with Gasteiger partial charge in [-0.2, -0.15) is 0 Å². The number of benzene rings is 3. The third kappa shape index (κ3) is 6.70. The van der Waals surface area contributed by atoms with Gasteiger partial charge in [0.2, 0.25) is 0 Å². The molecule has 0 radical (unpaired) electrons. The lowest BCUT2D eigenvalue weighted by Crippen LogP contribution is -2.42. The van der Waals surface area contributed by atoms with Gasteiger partial charge in [-0.3, -0.25) is 10.1 Å². The van der Waals surface area contributed by atoms with Crippen molar-refractivity contribution in [2.24, 2.45) is 0 Å². The predicted molar refractivity (Wildman–Crippen MR) is 140 cm³/mol. The first-order chi connectivity index (χ1) is 17.0. The van der Waals surface area contributed by atoms with Crippen molar-refractivity contribution in [3.63, 3.8) is 0 Å². The molecule has 6 nitrogen and oxygen atoms in total. The van der Waals surface area contributed by atoms with Crippen LogP contribution in [-0.4, -0.2) is 61.1 Å². The topological polar surface area (TPSA) is 61.9 Å². The van der Waals surface area contributed by atoms with E-state index in [0.29, 0.717) is 12.1 Å². The molecule has 1 aliphatic heterocycles. The number of ether oxygens (including phenoxy) is 1. The molecule has 2 amide bonds. The lowest BCUT2D eigenvalue weighted by Gasteiger charge is -2.32. The van der Waals surface area contributed by atoms with Gasteiger partial charge in [-0.1, -0.05) is 66.2 Å². The molecule has 4 rings (SSSR count). The molecule has 182 valence electrons. The fraction of sp³-hybridized carbons (Fsp3) is 0.310. The maximum absolute atomic E-state index is 12.6. The number of amides is 2. The maximum Gasteiger partial charge on any atom is 0.411 e. The molecular weight excluding hydrogens is 438 g/mol. The minimum Gasteiger partial charge on any atom is -0.446 e. The Morgan fingerprint density at radius 1 is 0.943 bits per heavy atom. The van der Waals surface area contributed by atoms with Crippen molar-refractivity contribution >= 4 is 17.7 Å². The Hall–Kier alpha value is -3.64. The number of hydrogen-bond donors (Lipinski definition) is 1. The number of rotatable bonds is 7. The highest BCUT2D eigenvalue weighted by Crippen LogP contribution is 2.28. The van der Waals surface area contributed by atoms with E-state index in [9.17, 15) is 9.59 Å². The minimum atomic E-state index is -0.421. The summed E-state index contributed by atoms with van der Waals surface area (Å²) in [6, 6.07) is 25.4. The van der Waals surface area contributed by atoms with Crippen LogP contribution in [0.3, 0.4) is 0 Å². The molecule has 1 heterocycles. The van der Waals surface area contributed by atoms with Gasteiger partial charge >= 0.3 is 6.09 Å². The van der Waals surface area contributed by atoms with Gasteiger partial charge in [0.25, 0.3) is 5.91 Å². The van der Waals surface area contributed by atoms with Crippen LogP contribution in [0.5, 0.6) is 0 Å². The van der Waals surface area contributed by atoms with E-state index in [2.05, 4.69) is 10.2 Å². The SMILES string of the molecule is Cc1ccc(C(=O)N(C)CCN2CCC(OC(=O)Nc3ccccc3-c3ccccc3)CC2)cc1. The zero-order valence-electron chi connectivity index (χ0n) is 20.4. The van der Waals surface area contributed by atoms with E-state index in [4.69, 9.17) is 4.74 Å². The number of nitrogens with zero attached hydrogens (tertiary/aromatic N) is 2. The third-order valence-corrected chi connectivity index (χ3v) is 6.45. The van der Waals surface area contributed by atoms with Crippen molar-refractivity contribution in [2.75, 3.05) is 38.5 Å². The standard InChI is InChI=1S/C29H33N3O3/c1-22-12-14-24(15-13-22)28(33)31(2)20-21-32-18-16-25(17-19-32)35-29(34)30-27-11-7-6-10-26(27)23-8-4-3-5-9-23/h3-15,25H,16-21H2,1-2H3,(H,30,34). The second-order valence-corrected chi connectivity index (χ2v) is 9.08. The molecule has 3 aromatic rings. The molecule has 1 saturated heterocycles. The average molecular weight is 472 g/mol. The Labute approximate surface area is 207 Å². The van der Waals surface area contributed by atoms with Crippen molar-refractivity contribution in [3.8, 4) is 11.1 Å². The largest absolute Gasteiger partial charge is 0.446 e. The van der Waals surface area contributed by atoms with Crippen molar-refractivity contribution < 1.29 is 14.3 Å². The summed E-state index contributed by atoms with van der Waals surface area (Å²) in [7, 11) is 1.84. The maximum atomic E-state index is 12.6. The van der Waals surface area contributed by atoms with Gasteiger partial charge in [0.15, 0.2) is 0 Å². The molecule has 0 aromatic heterocycles. The van der Waals surface area contributed by atoms with Gasteiger partial charge in [-0.25, -0.2) is 4.79 Å². The van der Waals surface area contributed by atoms with Crippen LogP contribution in [0.2, 0.25) is 0 Å². The highest BCUT2D eigenvalue weighted by Gasteiger charge is 2.23. The Morgan fingerprint density at radius 3 is 2.31 bits per heavy atom. The lowest BCUT2D eigenvalue weighted by molar-refractivity contribution is 0.0540. The van der Waals surface area contributed by atoms with E-state index in [1.807, 2.05) is 92.8 Å². The zero-order chi connectivity index (χ0) is 24.6. The van der Waals surface area contributed by atoms with E-state index in [0.717, 1.165) is 54.9 Å². The summed E-state index contributed by atoms with van der Waals surface area (Å²) < 4.78 is 5.72. The van der Waals surface area contributed by atoms with E-state index >= 15 is 0 Å². The Kier molecular flexibility index (Phi) is 8.16. The fourth-order valence-electron chi connectivity index (χ4n) is 4.31. The summed E-state index contributed by atoms with van der Waals surface area (Å²) in [5, 5.41) is 2.92. The number of likely N-dealkylation sites (tertiary alicyclic amines) is 1. The van der Waals surface area contributed by atoms with Gasteiger partial charge in [-0.15, -0.1) is 0 Å². The number of carbonyl (C=O) groups excluding carboxylic acids is 2. The quantitative estimate of drug-likeness (QED) is 0.498.